The van der Waals surface area contributed by atoms with E-state index >= 15 is 0 Å². The largest absolute Gasteiger partial charge is 0.506 e. The average Bonchev–Trinajstić information content (AvgIpc) is 2.12. The zero-order valence-corrected chi connectivity index (χ0v) is 11.2. The van der Waals surface area contributed by atoms with Gasteiger partial charge >= 0.3 is 0 Å². The number of aromatic hydroxyl groups is 1. The fraction of sp³-hybridized carbons (Fsp3) is 0.250. The standard InChI is InChI=1S/C8H7Br2F2NO.ClH/c9-4-1-3(6(13)8(11)12)2-5(10)7(4)14;/h1-2,6,8,14H,13H2;1H/t6-;/m0./s1. The third kappa shape index (κ3) is 3.55. The first kappa shape index (κ1) is 15.1. The lowest BCUT2D eigenvalue weighted by Crippen LogP contribution is -2.18. The first-order chi connectivity index (χ1) is 6.43. The number of halogens is 5. The van der Waals surface area contributed by atoms with Crippen LogP contribution in [0.15, 0.2) is 21.1 Å². The third-order valence-electron chi connectivity index (χ3n) is 1.70. The third-order valence-corrected chi connectivity index (χ3v) is 2.90. The summed E-state index contributed by atoms with van der Waals surface area (Å²) >= 11 is 6.07. The van der Waals surface area contributed by atoms with Crippen LogP contribution in [-0.4, -0.2) is 11.5 Å². The highest BCUT2D eigenvalue weighted by Crippen LogP contribution is 2.35. The van der Waals surface area contributed by atoms with E-state index in [1.165, 1.54) is 12.1 Å². The monoisotopic (exact) mass is 365 g/mol. The van der Waals surface area contributed by atoms with E-state index < -0.39 is 12.5 Å². The predicted octanol–water partition coefficient (Wildman–Crippen LogP) is 3.60. The molecule has 1 rings (SSSR count). The number of rotatable bonds is 2. The first-order valence-electron chi connectivity index (χ1n) is 3.65. The molecule has 7 heteroatoms. The molecule has 0 aromatic heterocycles. The Morgan fingerprint density at radius 1 is 1.20 bits per heavy atom. The minimum Gasteiger partial charge on any atom is -0.506 e. The van der Waals surface area contributed by atoms with Crippen LogP contribution in [0.25, 0.3) is 0 Å². The van der Waals surface area contributed by atoms with E-state index in [0.29, 0.717) is 8.95 Å². The van der Waals surface area contributed by atoms with Crippen LogP contribution in [0.1, 0.15) is 11.6 Å². The Balaban J connectivity index is 0.00000196. The maximum absolute atomic E-state index is 12.3. The van der Waals surface area contributed by atoms with Gasteiger partial charge < -0.3 is 10.8 Å². The van der Waals surface area contributed by atoms with E-state index in [1.54, 1.807) is 0 Å². The number of nitrogens with two attached hydrogens (primary N) is 1. The fourth-order valence-corrected chi connectivity index (χ4v) is 2.14. The van der Waals surface area contributed by atoms with E-state index in [0.717, 1.165) is 0 Å². The molecule has 0 fully saturated rings. The van der Waals surface area contributed by atoms with E-state index in [4.69, 9.17) is 5.73 Å². The van der Waals surface area contributed by atoms with Gasteiger partial charge in [0.05, 0.1) is 15.0 Å². The Bertz CT molecular complexity index is 328. The Hall–Kier alpha value is 0.0900. The second kappa shape index (κ2) is 5.98. The van der Waals surface area contributed by atoms with Crippen LogP contribution in [0.5, 0.6) is 5.75 Å². The van der Waals surface area contributed by atoms with Crippen molar-refractivity contribution in [2.75, 3.05) is 0 Å². The van der Waals surface area contributed by atoms with Crippen molar-refractivity contribution in [2.45, 2.75) is 12.5 Å². The highest BCUT2D eigenvalue weighted by molar-refractivity contribution is 9.11. The maximum atomic E-state index is 12.3. The summed E-state index contributed by atoms with van der Waals surface area (Å²) in [6.45, 7) is 0. The lowest BCUT2D eigenvalue weighted by atomic mass is 10.1. The van der Waals surface area contributed by atoms with Crippen molar-refractivity contribution in [1.82, 2.24) is 0 Å². The maximum Gasteiger partial charge on any atom is 0.257 e. The molecule has 0 amide bonds. The van der Waals surface area contributed by atoms with Crippen LogP contribution in [0.3, 0.4) is 0 Å². The second-order valence-corrected chi connectivity index (χ2v) is 4.40. The summed E-state index contributed by atoms with van der Waals surface area (Å²) in [7, 11) is 0. The summed E-state index contributed by atoms with van der Waals surface area (Å²) in [5.41, 5.74) is 5.51. The number of hydrogen-bond donors (Lipinski definition) is 2. The van der Waals surface area contributed by atoms with E-state index in [2.05, 4.69) is 31.9 Å². The van der Waals surface area contributed by atoms with E-state index in [-0.39, 0.29) is 23.7 Å². The lowest BCUT2D eigenvalue weighted by Gasteiger charge is -2.12. The van der Waals surface area contributed by atoms with Crippen molar-refractivity contribution >= 4 is 44.3 Å². The predicted molar refractivity (Wildman–Crippen MR) is 63.7 cm³/mol. The van der Waals surface area contributed by atoms with Gasteiger partial charge in [-0.2, -0.15) is 0 Å². The van der Waals surface area contributed by atoms with Crippen LogP contribution in [-0.2, 0) is 0 Å². The minimum atomic E-state index is -2.63. The van der Waals surface area contributed by atoms with E-state index in [1.807, 2.05) is 0 Å². The molecule has 0 heterocycles. The van der Waals surface area contributed by atoms with Gasteiger partial charge in [-0.25, -0.2) is 8.78 Å². The molecule has 0 aliphatic rings. The molecule has 1 atom stereocenters. The van der Waals surface area contributed by atoms with Gasteiger partial charge in [-0.15, -0.1) is 12.4 Å². The van der Waals surface area contributed by atoms with Crippen molar-refractivity contribution in [3.8, 4) is 5.75 Å². The van der Waals surface area contributed by atoms with Gasteiger partial charge in [-0.3, -0.25) is 0 Å². The molecule has 2 nitrogen and oxygen atoms in total. The summed E-state index contributed by atoms with van der Waals surface area (Å²) in [6.07, 6.45) is -2.63. The van der Waals surface area contributed by atoms with Crippen molar-refractivity contribution < 1.29 is 13.9 Å². The van der Waals surface area contributed by atoms with Gasteiger partial charge in [0.2, 0.25) is 0 Å². The average molecular weight is 367 g/mol. The fourth-order valence-electron chi connectivity index (χ4n) is 0.923. The van der Waals surface area contributed by atoms with E-state index in [9.17, 15) is 13.9 Å². The molecule has 1 aromatic carbocycles. The van der Waals surface area contributed by atoms with Gasteiger partial charge in [0.15, 0.2) is 0 Å². The van der Waals surface area contributed by atoms with Crippen molar-refractivity contribution in [1.29, 1.82) is 0 Å². The summed E-state index contributed by atoms with van der Waals surface area (Å²) in [5, 5.41) is 9.33. The Labute approximate surface area is 109 Å². The summed E-state index contributed by atoms with van der Waals surface area (Å²) in [5.74, 6) is -0.0322. The smallest absolute Gasteiger partial charge is 0.257 e. The number of phenols is 1. The Morgan fingerprint density at radius 3 is 1.93 bits per heavy atom. The molecule has 86 valence electrons. The lowest BCUT2D eigenvalue weighted by molar-refractivity contribution is 0.116. The summed E-state index contributed by atoms with van der Waals surface area (Å²) < 4.78 is 25.2. The molecule has 0 saturated carbocycles. The quantitative estimate of drug-likeness (QED) is 0.839. The molecule has 0 aliphatic heterocycles. The molecule has 1 aromatic rings. The van der Waals surface area contributed by atoms with Crippen molar-refractivity contribution in [3.63, 3.8) is 0 Å². The minimum absolute atomic E-state index is 0. The molecule has 0 saturated heterocycles. The Morgan fingerprint density at radius 2 is 1.60 bits per heavy atom. The van der Waals surface area contributed by atoms with Crippen molar-refractivity contribution in [2.24, 2.45) is 5.73 Å². The van der Waals surface area contributed by atoms with Crippen LogP contribution >= 0.6 is 44.3 Å². The second-order valence-electron chi connectivity index (χ2n) is 2.69. The molecule has 0 aliphatic carbocycles. The number of phenolic OH excluding ortho intramolecular Hbond substituents is 1. The zero-order valence-electron chi connectivity index (χ0n) is 7.25. The normalized spacial score (nSPS) is 12.4. The van der Waals surface area contributed by atoms with Gasteiger partial charge in [0.1, 0.15) is 5.75 Å². The van der Waals surface area contributed by atoms with Gasteiger partial charge in [0, 0.05) is 0 Å². The molecular formula is C8H8Br2ClF2NO. The highest BCUT2D eigenvalue weighted by atomic mass is 79.9. The van der Waals surface area contributed by atoms with Crippen LogP contribution in [0.2, 0.25) is 0 Å². The first-order valence-corrected chi connectivity index (χ1v) is 5.23. The topological polar surface area (TPSA) is 46.2 Å². The van der Waals surface area contributed by atoms with Gasteiger partial charge in [0.25, 0.3) is 6.43 Å². The summed E-state index contributed by atoms with van der Waals surface area (Å²) in [6, 6.07) is 1.40. The molecular weight excluding hydrogens is 359 g/mol. The zero-order chi connectivity index (χ0) is 10.9. The highest BCUT2D eigenvalue weighted by Gasteiger charge is 2.19. The van der Waals surface area contributed by atoms with Crippen LogP contribution in [0.4, 0.5) is 8.78 Å². The van der Waals surface area contributed by atoms with Crippen LogP contribution < -0.4 is 5.73 Å². The van der Waals surface area contributed by atoms with Gasteiger partial charge in [-0.1, -0.05) is 0 Å². The molecule has 0 bridgehead atoms. The summed E-state index contributed by atoms with van der Waals surface area (Å²) in [4.78, 5) is 0. The molecule has 0 radical (unpaired) electrons. The van der Waals surface area contributed by atoms with Gasteiger partial charge in [-0.05, 0) is 49.6 Å². The molecule has 15 heavy (non-hydrogen) atoms. The molecule has 0 spiro atoms. The number of alkyl halides is 2. The van der Waals surface area contributed by atoms with Crippen LogP contribution in [0, 0.1) is 0 Å². The van der Waals surface area contributed by atoms with Crippen molar-refractivity contribution in [3.05, 3.63) is 26.6 Å². The Kier molecular flexibility index (Phi) is 6.02. The molecule has 3 N–H and O–H groups in total. The number of benzene rings is 1. The number of hydrogen-bond acceptors (Lipinski definition) is 2. The SMILES string of the molecule is Cl.N[C@@H](c1cc(Br)c(O)c(Br)c1)C(F)F. The molecule has 0 unspecified atom stereocenters.